The Hall–Kier alpha value is -1.81. The van der Waals surface area contributed by atoms with Crippen LogP contribution in [0.2, 0.25) is 0 Å². The maximum atomic E-state index is 4.65. The van der Waals surface area contributed by atoms with Crippen molar-refractivity contribution < 1.29 is 0 Å². The minimum absolute atomic E-state index is 0.491. The molecule has 0 radical (unpaired) electrons. The molecular formula is C17H24N4. The zero-order chi connectivity index (χ0) is 15.0. The zero-order valence-electron chi connectivity index (χ0n) is 13.3. The molecule has 112 valence electrons. The van der Waals surface area contributed by atoms with Gasteiger partial charge in [0.25, 0.3) is 0 Å². The van der Waals surface area contributed by atoms with Crippen LogP contribution in [0.15, 0.2) is 24.3 Å². The smallest absolute Gasteiger partial charge is 0.136 e. The third-order valence-corrected chi connectivity index (χ3v) is 4.42. The normalized spacial score (nSPS) is 17.9. The second kappa shape index (κ2) is 5.53. The predicted octanol–water partition coefficient (Wildman–Crippen LogP) is 2.92. The molecule has 0 spiro atoms. The SMILES string of the molecule is CNCc1c(C)nn(C)c1N1c2ccccc2CCC1C. The Kier molecular flexibility index (Phi) is 3.72. The number of benzene rings is 1. The van der Waals surface area contributed by atoms with Gasteiger partial charge in [-0.1, -0.05) is 18.2 Å². The summed E-state index contributed by atoms with van der Waals surface area (Å²) in [5.41, 5.74) is 5.17. The van der Waals surface area contributed by atoms with Gasteiger partial charge in [-0.15, -0.1) is 0 Å². The van der Waals surface area contributed by atoms with Gasteiger partial charge in [0, 0.05) is 30.9 Å². The van der Waals surface area contributed by atoms with Crippen LogP contribution in [0.25, 0.3) is 0 Å². The van der Waals surface area contributed by atoms with E-state index >= 15 is 0 Å². The molecule has 0 saturated heterocycles. The van der Waals surface area contributed by atoms with Gasteiger partial charge in [-0.2, -0.15) is 5.10 Å². The van der Waals surface area contributed by atoms with Crippen LogP contribution in [0.5, 0.6) is 0 Å². The summed E-state index contributed by atoms with van der Waals surface area (Å²) in [7, 11) is 4.04. The fourth-order valence-corrected chi connectivity index (χ4v) is 3.39. The highest BCUT2D eigenvalue weighted by Crippen LogP contribution is 2.38. The van der Waals surface area contributed by atoms with Crippen LogP contribution in [0.1, 0.15) is 30.2 Å². The fraction of sp³-hybridized carbons (Fsp3) is 0.471. The van der Waals surface area contributed by atoms with Gasteiger partial charge in [0.1, 0.15) is 5.82 Å². The molecule has 1 aliphatic heterocycles. The number of rotatable bonds is 3. The highest BCUT2D eigenvalue weighted by atomic mass is 15.4. The minimum atomic E-state index is 0.491. The summed E-state index contributed by atoms with van der Waals surface area (Å²) in [6.45, 7) is 5.25. The van der Waals surface area contributed by atoms with Crippen molar-refractivity contribution in [2.24, 2.45) is 7.05 Å². The molecule has 0 amide bonds. The number of aryl methyl sites for hydroxylation is 3. The van der Waals surface area contributed by atoms with Crippen LogP contribution in [0.4, 0.5) is 11.5 Å². The Morgan fingerprint density at radius 3 is 2.86 bits per heavy atom. The van der Waals surface area contributed by atoms with Crippen LogP contribution in [-0.4, -0.2) is 22.9 Å². The second-order valence-electron chi connectivity index (χ2n) is 5.93. The van der Waals surface area contributed by atoms with Crippen molar-refractivity contribution in [1.82, 2.24) is 15.1 Å². The molecule has 1 N–H and O–H groups in total. The third-order valence-electron chi connectivity index (χ3n) is 4.42. The number of hydrogen-bond donors (Lipinski definition) is 1. The summed E-state index contributed by atoms with van der Waals surface area (Å²) in [6, 6.07) is 9.23. The van der Waals surface area contributed by atoms with E-state index in [2.05, 4.69) is 53.4 Å². The molecule has 1 unspecified atom stereocenters. The van der Waals surface area contributed by atoms with Gasteiger partial charge in [0.2, 0.25) is 0 Å². The van der Waals surface area contributed by atoms with Crippen LogP contribution >= 0.6 is 0 Å². The van der Waals surface area contributed by atoms with Crippen molar-refractivity contribution in [1.29, 1.82) is 0 Å². The topological polar surface area (TPSA) is 33.1 Å². The number of anilines is 2. The van der Waals surface area contributed by atoms with Crippen LogP contribution in [0, 0.1) is 6.92 Å². The van der Waals surface area contributed by atoms with E-state index in [9.17, 15) is 0 Å². The van der Waals surface area contributed by atoms with Gasteiger partial charge in [-0.25, -0.2) is 0 Å². The van der Waals surface area contributed by atoms with E-state index in [1.165, 1.54) is 29.1 Å². The Labute approximate surface area is 126 Å². The maximum Gasteiger partial charge on any atom is 0.136 e. The lowest BCUT2D eigenvalue weighted by Gasteiger charge is -2.37. The van der Waals surface area contributed by atoms with E-state index in [0.29, 0.717) is 6.04 Å². The summed E-state index contributed by atoms with van der Waals surface area (Å²) >= 11 is 0. The van der Waals surface area contributed by atoms with E-state index in [0.717, 1.165) is 18.7 Å². The number of para-hydroxylation sites is 1. The first-order valence-electron chi connectivity index (χ1n) is 7.67. The lowest BCUT2D eigenvalue weighted by atomic mass is 9.96. The monoisotopic (exact) mass is 284 g/mol. The number of aromatic nitrogens is 2. The van der Waals surface area contributed by atoms with E-state index in [4.69, 9.17) is 0 Å². The van der Waals surface area contributed by atoms with Gasteiger partial charge >= 0.3 is 0 Å². The minimum Gasteiger partial charge on any atom is -0.323 e. The van der Waals surface area contributed by atoms with Gasteiger partial charge in [0.05, 0.1) is 5.69 Å². The van der Waals surface area contributed by atoms with Crippen molar-refractivity contribution in [3.05, 3.63) is 41.1 Å². The Morgan fingerprint density at radius 2 is 2.10 bits per heavy atom. The van der Waals surface area contributed by atoms with Crippen molar-refractivity contribution in [2.75, 3.05) is 11.9 Å². The molecule has 0 fully saturated rings. The highest BCUT2D eigenvalue weighted by Gasteiger charge is 2.29. The molecule has 2 heterocycles. The molecule has 3 rings (SSSR count). The predicted molar refractivity (Wildman–Crippen MR) is 87.1 cm³/mol. The van der Waals surface area contributed by atoms with Gasteiger partial charge in [-0.05, 0) is 45.4 Å². The molecule has 0 bridgehead atoms. The number of hydrogen-bond acceptors (Lipinski definition) is 3. The summed E-state index contributed by atoms with van der Waals surface area (Å²) in [4.78, 5) is 2.46. The zero-order valence-corrected chi connectivity index (χ0v) is 13.3. The average Bonchev–Trinajstić information content (AvgIpc) is 2.74. The summed E-state index contributed by atoms with van der Waals surface area (Å²) in [5, 5.41) is 7.92. The van der Waals surface area contributed by atoms with Gasteiger partial charge in [0.15, 0.2) is 0 Å². The summed E-state index contributed by atoms with van der Waals surface area (Å²) < 4.78 is 2.03. The number of nitrogens with zero attached hydrogens (tertiary/aromatic N) is 3. The van der Waals surface area contributed by atoms with Crippen molar-refractivity contribution in [3.63, 3.8) is 0 Å². The molecule has 21 heavy (non-hydrogen) atoms. The molecule has 0 aliphatic carbocycles. The first-order chi connectivity index (χ1) is 10.1. The standard InChI is InChI=1S/C17H24N4/c1-12-9-10-14-7-5-6-8-16(14)21(12)17-15(11-18-3)13(2)19-20(17)4/h5-8,12,18H,9-11H2,1-4H3. The molecule has 1 aromatic heterocycles. The van der Waals surface area contributed by atoms with Crippen LogP contribution in [0.3, 0.4) is 0 Å². The summed E-state index contributed by atoms with van der Waals surface area (Å²) in [6.07, 6.45) is 2.34. The molecule has 1 aromatic carbocycles. The van der Waals surface area contributed by atoms with E-state index < -0.39 is 0 Å². The lowest BCUT2D eigenvalue weighted by Crippen LogP contribution is -2.35. The third kappa shape index (κ3) is 2.33. The van der Waals surface area contributed by atoms with Gasteiger partial charge < -0.3 is 10.2 Å². The Morgan fingerprint density at radius 1 is 1.33 bits per heavy atom. The molecule has 1 aliphatic rings. The van der Waals surface area contributed by atoms with Gasteiger partial charge in [-0.3, -0.25) is 4.68 Å². The molecule has 1 atom stereocenters. The Bertz CT molecular complexity index is 644. The molecule has 4 nitrogen and oxygen atoms in total. The fourth-order valence-electron chi connectivity index (χ4n) is 3.39. The van der Waals surface area contributed by atoms with E-state index in [-0.39, 0.29) is 0 Å². The van der Waals surface area contributed by atoms with E-state index in [1.807, 2.05) is 18.8 Å². The van der Waals surface area contributed by atoms with Crippen molar-refractivity contribution >= 4 is 11.5 Å². The molecule has 0 saturated carbocycles. The summed E-state index contributed by atoms with van der Waals surface area (Å²) in [5.74, 6) is 1.22. The Balaban J connectivity index is 2.16. The first-order valence-corrected chi connectivity index (χ1v) is 7.67. The first kappa shape index (κ1) is 14.1. The lowest BCUT2D eigenvalue weighted by molar-refractivity contribution is 0.595. The largest absolute Gasteiger partial charge is 0.323 e. The molecule has 2 aromatic rings. The number of fused-ring (bicyclic) bond motifs is 1. The highest BCUT2D eigenvalue weighted by molar-refractivity contribution is 5.69. The van der Waals surface area contributed by atoms with Crippen molar-refractivity contribution in [2.45, 2.75) is 39.3 Å². The van der Waals surface area contributed by atoms with E-state index in [1.54, 1.807) is 0 Å². The van der Waals surface area contributed by atoms with Crippen LogP contribution in [-0.2, 0) is 20.0 Å². The maximum absolute atomic E-state index is 4.65. The molecular weight excluding hydrogens is 260 g/mol. The van der Waals surface area contributed by atoms with Crippen LogP contribution < -0.4 is 10.2 Å². The second-order valence-corrected chi connectivity index (χ2v) is 5.93. The molecule has 4 heteroatoms. The van der Waals surface area contributed by atoms with Crippen molar-refractivity contribution in [3.8, 4) is 0 Å². The quantitative estimate of drug-likeness (QED) is 0.941. The average molecular weight is 284 g/mol. The number of nitrogens with one attached hydrogen (secondary N) is 1.